The van der Waals surface area contributed by atoms with Crippen molar-refractivity contribution in [3.05, 3.63) is 35.9 Å². The number of ether oxygens (including phenoxy) is 2. The molecule has 0 N–H and O–H groups in total. The number of amides is 1. The molecular formula is C15H19NO3S. The number of hydrogen-bond donors (Lipinski definition) is 0. The summed E-state index contributed by atoms with van der Waals surface area (Å²) >= 11 is 1.89. The summed E-state index contributed by atoms with van der Waals surface area (Å²) < 4.78 is 11.2. The summed E-state index contributed by atoms with van der Waals surface area (Å²) in [6.07, 6.45) is 1.59. The van der Waals surface area contributed by atoms with E-state index in [1.807, 2.05) is 42.1 Å². The topological polar surface area (TPSA) is 38.8 Å². The van der Waals surface area contributed by atoms with Gasteiger partial charge in [-0.15, -0.1) is 11.8 Å². The van der Waals surface area contributed by atoms with Crippen LogP contribution in [0, 0.1) is 0 Å². The Hall–Kier alpha value is -1.20. The minimum atomic E-state index is -0.216. The second kappa shape index (κ2) is 6.06. The molecule has 2 heterocycles. The zero-order valence-corrected chi connectivity index (χ0v) is 12.2. The number of nitrogens with zero attached hydrogens (tertiary/aromatic N) is 1. The van der Waals surface area contributed by atoms with Gasteiger partial charge in [0.2, 0.25) is 0 Å². The van der Waals surface area contributed by atoms with Gasteiger partial charge in [0.1, 0.15) is 11.5 Å². The molecule has 1 spiro atoms. The average Bonchev–Trinajstić information content (AvgIpc) is 2.95. The Morgan fingerprint density at radius 3 is 2.70 bits per heavy atom. The highest BCUT2D eigenvalue weighted by atomic mass is 32.2. The first-order chi connectivity index (χ1) is 9.77. The van der Waals surface area contributed by atoms with Gasteiger partial charge in [0.05, 0.1) is 6.61 Å². The van der Waals surface area contributed by atoms with Crippen LogP contribution in [-0.2, 0) is 16.1 Å². The summed E-state index contributed by atoms with van der Waals surface area (Å²) in [5.74, 6) is 1.07. The van der Waals surface area contributed by atoms with E-state index in [2.05, 4.69) is 0 Å². The molecular weight excluding hydrogens is 274 g/mol. The fourth-order valence-corrected chi connectivity index (χ4v) is 3.80. The van der Waals surface area contributed by atoms with Gasteiger partial charge in [-0.25, -0.2) is 4.79 Å². The van der Waals surface area contributed by atoms with E-state index in [-0.39, 0.29) is 11.0 Å². The smallest absolute Gasteiger partial charge is 0.410 e. The number of thioether (sulfide) groups is 1. The van der Waals surface area contributed by atoms with Crippen LogP contribution in [0.5, 0.6) is 0 Å². The molecule has 1 aromatic carbocycles. The zero-order valence-electron chi connectivity index (χ0n) is 11.4. The van der Waals surface area contributed by atoms with Crippen molar-refractivity contribution in [3.63, 3.8) is 0 Å². The van der Waals surface area contributed by atoms with E-state index in [1.165, 1.54) is 0 Å². The maximum Gasteiger partial charge on any atom is 0.410 e. The van der Waals surface area contributed by atoms with Gasteiger partial charge in [-0.1, -0.05) is 30.3 Å². The van der Waals surface area contributed by atoms with Gasteiger partial charge in [-0.05, 0) is 5.56 Å². The molecule has 0 saturated carbocycles. The third-order valence-corrected chi connectivity index (χ3v) is 5.23. The summed E-state index contributed by atoms with van der Waals surface area (Å²) in [4.78, 5) is 13.8. The fourth-order valence-electron chi connectivity index (χ4n) is 2.63. The largest absolute Gasteiger partial charge is 0.445 e. The molecule has 0 atom stereocenters. The summed E-state index contributed by atoms with van der Waals surface area (Å²) in [5.41, 5.74) is 1.02. The lowest BCUT2D eigenvalue weighted by molar-refractivity contribution is -0.000480. The van der Waals surface area contributed by atoms with E-state index in [1.54, 1.807) is 4.90 Å². The van der Waals surface area contributed by atoms with Crippen LogP contribution in [0.2, 0.25) is 0 Å². The van der Waals surface area contributed by atoms with E-state index in [4.69, 9.17) is 9.47 Å². The fraction of sp³-hybridized carbons (Fsp3) is 0.533. The lowest BCUT2D eigenvalue weighted by Gasteiger charge is -2.37. The number of hydrogen-bond acceptors (Lipinski definition) is 4. The van der Waals surface area contributed by atoms with Crippen molar-refractivity contribution in [2.45, 2.75) is 24.4 Å². The van der Waals surface area contributed by atoms with Crippen LogP contribution in [0.1, 0.15) is 18.4 Å². The van der Waals surface area contributed by atoms with Crippen LogP contribution in [0.25, 0.3) is 0 Å². The first kappa shape index (κ1) is 13.8. The second-order valence-corrected chi connectivity index (χ2v) is 6.58. The Morgan fingerprint density at radius 2 is 2.05 bits per heavy atom. The van der Waals surface area contributed by atoms with Crippen molar-refractivity contribution in [2.75, 3.05) is 25.4 Å². The van der Waals surface area contributed by atoms with E-state index >= 15 is 0 Å². The maximum atomic E-state index is 12.0. The van der Waals surface area contributed by atoms with Gasteiger partial charge in [0, 0.05) is 31.7 Å². The Morgan fingerprint density at radius 1 is 1.30 bits per heavy atom. The SMILES string of the molecule is O=C(OCc1ccccc1)N1CCC2(CC1)OCCS2. The standard InChI is InChI=1S/C15H19NO3S/c17-14(18-12-13-4-2-1-3-5-13)16-8-6-15(7-9-16)19-10-11-20-15/h1-5H,6-12H2. The second-order valence-electron chi connectivity index (χ2n) is 5.13. The normalized spacial score (nSPS) is 21.1. The van der Waals surface area contributed by atoms with E-state index in [0.29, 0.717) is 6.61 Å². The summed E-state index contributed by atoms with van der Waals surface area (Å²) in [6, 6.07) is 9.77. The first-order valence-electron chi connectivity index (χ1n) is 7.01. The first-order valence-corrected chi connectivity index (χ1v) is 8.00. The van der Waals surface area contributed by atoms with Gasteiger partial charge in [0.25, 0.3) is 0 Å². The Labute approximate surface area is 123 Å². The van der Waals surface area contributed by atoms with Crippen LogP contribution in [0.3, 0.4) is 0 Å². The van der Waals surface area contributed by atoms with E-state index in [0.717, 1.165) is 43.9 Å². The number of carbonyl (C=O) groups excluding carboxylic acids is 1. The third kappa shape index (κ3) is 3.10. The van der Waals surface area contributed by atoms with Gasteiger partial charge < -0.3 is 14.4 Å². The highest BCUT2D eigenvalue weighted by Gasteiger charge is 2.40. The molecule has 0 unspecified atom stereocenters. The molecule has 1 amide bonds. The van der Waals surface area contributed by atoms with Crippen molar-refractivity contribution in [2.24, 2.45) is 0 Å². The van der Waals surface area contributed by atoms with Crippen LogP contribution >= 0.6 is 11.8 Å². The molecule has 5 heteroatoms. The molecule has 0 bridgehead atoms. The maximum absolute atomic E-state index is 12.0. The van der Waals surface area contributed by atoms with Gasteiger partial charge in [-0.3, -0.25) is 0 Å². The summed E-state index contributed by atoms with van der Waals surface area (Å²) in [7, 11) is 0. The lowest BCUT2D eigenvalue weighted by Crippen LogP contribution is -2.45. The van der Waals surface area contributed by atoms with Crippen molar-refractivity contribution in [1.29, 1.82) is 0 Å². The van der Waals surface area contributed by atoms with E-state index < -0.39 is 0 Å². The molecule has 2 aliphatic rings. The van der Waals surface area contributed by atoms with Crippen molar-refractivity contribution in [3.8, 4) is 0 Å². The van der Waals surface area contributed by atoms with Crippen LogP contribution < -0.4 is 0 Å². The highest BCUT2D eigenvalue weighted by molar-refractivity contribution is 8.00. The van der Waals surface area contributed by atoms with E-state index in [9.17, 15) is 4.79 Å². The molecule has 1 aromatic rings. The van der Waals surface area contributed by atoms with Crippen molar-refractivity contribution >= 4 is 17.9 Å². The number of piperidine rings is 1. The van der Waals surface area contributed by atoms with Crippen LogP contribution in [-0.4, -0.2) is 41.4 Å². The molecule has 2 saturated heterocycles. The van der Waals surface area contributed by atoms with Crippen molar-refractivity contribution in [1.82, 2.24) is 4.90 Å². The monoisotopic (exact) mass is 293 g/mol. The molecule has 2 fully saturated rings. The minimum Gasteiger partial charge on any atom is -0.445 e. The van der Waals surface area contributed by atoms with Crippen LogP contribution in [0.15, 0.2) is 30.3 Å². The van der Waals surface area contributed by atoms with Crippen LogP contribution in [0.4, 0.5) is 4.79 Å². The predicted octanol–water partition coefficient (Wildman–Crippen LogP) is 2.88. The number of rotatable bonds is 2. The lowest BCUT2D eigenvalue weighted by atomic mass is 10.1. The molecule has 108 valence electrons. The van der Waals surface area contributed by atoms with Gasteiger partial charge in [0.15, 0.2) is 0 Å². The minimum absolute atomic E-state index is 0.0315. The molecule has 4 nitrogen and oxygen atoms in total. The Bertz CT molecular complexity index is 449. The predicted molar refractivity (Wildman–Crippen MR) is 78.6 cm³/mol. The third-order valence-electron chi connectivity index (χ3n) is 3.80. The van der Waals surface area contributed by atoms with Gasteiger partial charge in [-0.2, -0.15) is 0 Å². The summed E-state index contributed by atoms with van der Waals surface area (Å²) in [5, 5.41) is 0. The van der Waals surface area contributed by atoms with Crippen molar-refractivity contribution < 1.29 is 14.3 Å². The molecule has 3 rings (SSSR count). The zero-order chi connectivity index (χ0) is 13.8. The Kier molecular flexibility index (Phi) is 4.17. The molecule has 2 aliphatic heterocycles. The number of likely N-dealkylation sites (tertiary alicyclic amines) is 1. The summed E-state index contributed by atoms with van der Waals surface area (Å²) in [6.45, 7) is 2.62. The Balaban J connectivity index is 1.47. The van der Waals surface area contributed by atoms with Gasteiger partial charge >= 0.3 is 6.09 Å². The number of carbonyl (C=O) groups is 1. The molecule has 0 radical (unpaired) electrons. The highest BCUT2D eigenvalue weighted by Crippen LogP contribution is 2.41. The molecule has 20 heavy (non-hydrogen) atoms. The quantitative estimate of drug-likeness (QED) is 0.840. The molecule has 0 aliphatic carbocycles. The number of benzene rings is 1. The average molecular weight is 293 g/mol. The molecule has 0 aromatic heterocycles.